The van der Waals surface area contributed by atoms with E-state index in [0.29, 0.717) is 30.2 Å². The third-order valence-corrected chi connectivity index (χ3v) is 8.75. The Kier molecular flexibility index (Phi) is 11.0. The van der Waals surface area contributed by atoms with Gasteiger partial charge in [0.25, 0.3) is 10.0 Å². The molecule has 0 saturated heterocycles. The Bertz CT molecular complexity index is 1610. The molecular formula is C34H37N3O6S. The second-order valence-corrected chi connectivity index (χ2v) is 11.8. The standard InChI is InChI=1S/C34H37N3O6S/c1-4-32(34(39)35-5-2)36(24-26-16-20-28(42-3)21-17-26)33(38)25-37(44(40,41)31-14-10-7-11-15-31)27-18-22-30(23-19-27)43-29-12-8-6-9-13-29/h6-23,32H,4-5,24-25H2,1-3H3,(H,35,39). The average molecular weight is 616 g/mol. The molecule has 9 nitrogen and oxygen atoms in total. The molecule has 0 aliphatic rings. The minimum absolute atomic E-state index is 0.0369. The molecule has 4 rings (SSSR count). The summed E-state index contributed by atoms with van der Waals surface area (Å²) in [6.07, 6.45) is 0.338. The number of rotatable bonds is 14. The Morgan fingerprint density at radius 1 is 0.773 bits per heavy atom. The van der Waals surface area contributed by atoms with Crippen LogP contribution >= 0.6 is 0 Å². The van der Waals surface area contributed by atoms with Gasteiger partial charge in [0, 0.05) is 13.1 Å². The first-order chi connectivity index (χ1) is 21.3. The molecule has 1 N–H and O–H groups in total. The number of hydrogen-bond donors (Lipinski definition) is 1. The Morgan fingerprint density at radius 3 is 1.91 bits per heavy atom. The number of methoxy groups -OCH3 is 1. The Hall–Kier alpha value is -4.83. The minimum Gasteiger partial charge on any atom is -0.497 e. The highest BCUT2D eigenvalue weighted by Crippen LogP contribution is 2.29. The van der Waals surface area contributed by atoms with Gasteiger partial charge >= 0.3 is 0 Å². The molecule has 0 bridgehead atoms. The molecule has 4 aromatic rings. The molecule has 0 aliphatic carbocycles. The van der Waals surface area contributed by atoms with Crippen molar-refractivity contribution in [3.63, 3.8) is 0 Å². The molecule has 230 valence electrons. The van der Waals surface area contributed by atoms with Crippen LogP contribution in [0, 0.1) is 0 Å². The number of carbonyl (C=O) groups excluding carboxylic acids is 2. The van der Waals surface area contributed by atoms with E-state index in [1.807, 2.05) is 49.4 Å². The van der Waals surface area contributed by atoms with Crippen molar-refractivity contribution < 1.29 is 27.5 Å². The normalized spacial score (nSPS) is 11.7. The largest absolute Gasteiger partial charge is 0.497 e. The predicted octanol–water partition coefficient (Wildman–Crippen LogP) is 5.63. The number of benzene rings is 4. The van der Waals surface area contributed by atoms with Crippen molar-refractivity contribution in [2.24, 2.45) is 0 Å². The summed E-state index contributed by atoms with van der Waals surface area (Å²) in [5, 5.41) is 2.80. The molecule has 0 spiro atoms. The molecule has 0 heterocycles. The number of nitrogens with one attached hydrogen (secondary N) is 1. The summed E-state index contributed by atoms with van der Waals surface area (Å²) in [5.74, 6) is 0.961. The van der Waals surface area contributed by atoms with Crippen LogP contribution in [-0.2, 0) is 26.2 Å². The summed E-state index contributed by atoms with van der Waals surface area (Å²) in [6, 6.07) is 30.0. The second-order valence-electron chi connectivity index (χ2n) is 9.92. The fourth-order valence-corrected chi connectivity index (χ4v) is 6.13. The Labute approximate surface area is 259 Å². The van der Waals surface area contributed by atoms with Gasteiger partial charge in [0.15, 0.2) is 0 Å². The lowest BCUT2D eigenvalue weighted by atomic mass is 10.1. The lowest BCUT2D eigenvalue weighted by Crippen LogP contribution is -2.52. The molecule has 0 fully saturated rings. The van der Waals surface area contributed by atoms with E-state index in [9.17, 15) is 18.0 Å². The van der Waals surface area contributed by atoms with Crippen molar-refractivity contribution in [2.45, 2.75) is 37.8 Å². The van der Waals surface area contributed by atoms with Crippen molar-refractivity contribution in [1.29, 1.82) is 0 Å². The first-order valence-electron chi connectivity index (χ1n) is 14.4. The number of amides is 2. The number of ether oxygens (including phenoxy) is 2. The third kappa shape index (κ3) is 7.96. The fourth-order valence-electron chi connectivity index (χ4n) is 4.69. The van der Waals surface area contributed by atoms with Gasteiger partial charge in [-0.05, 0) is 79.6 Å². The van der Waals surface area contributed by atoms with E-state index in [2.05, 4.69) is 5.32 Å². The number of anilines is 1. The molecule has 44 heavy (non-hydrogen) atoms. The van der Waals surface area contributed by atoms with Crippen LogP contribution < -0.4 is 19.1 Å². The van der Waals surface area contributed by atoms with Crippen LogP contribution in [0.15, 0.2) is 114 Å². The summed E-state index contributed by atoms with van der Waals surface area (Å²) >= 11 is 0. The molecule has 4 aromatic carbocycles. The molecular weight excluding hydrogens is 578 g/mol. The van der Waals surface area contributed by atoms with Crippen molar-refractivity contribution >= 4 is 27.5 Å². The van der Waals surface area contributed by atoms with Gasteiger partial charge in [0.1, 0.15) is 29.8 Å². The highest BCUT2D eigenvalue weighted by atomic mass is 32.2. The number of para-hydroxylation sites is 1. The van der Waals surface area contributed by atoms with Gasteiger partial charge in [-0.25, -0.2) is 8.42 Å². The van der Waals surface area contributed by atoms with Crippen LogP contribution in [-0.4, -0.2) is 51.4 Å². The average Bonchev–Trinajstić information content (AvgIpc) is 3.05. The van der Waals surface area contributed by atoms with Crippen molar-refractivity contribution in [3.8, 4) is 17.2 Å². The van der Waals surface area contributed by atoms with Crippen LogP contribution in [0.3, 0.4) is 0 Å². The third-order valence-electron chi connectivity index (χ3n) is 6.96. The number of carbonyl (C=O) groups is 2. The number of nitrogens with zero attached hydrogens (tertiary/aromatic N) is 2. The van der Waals surface area contributed by atoms with Crippen LogP contribution in [0.2, 0.25) is 0 Å². The van der Waals surface area contributed by atoms with Gasteiger partial charge < -0.3 is 19.7 Å². The fraction of sp³-hybridized carbons (Fsp3) is 0.235. The SMILES string of the molecule is CCNC(=O)C(CC)N(Cc1ccc(OC)cc1)C(=O)CN(c1ccc(Oc2ccccc2)cc1)S(=O)(=O)c1ccccc1. The maximum Gasteiger partial charge on any atom is 0.264 e. The number of likely N-dealkylation sites (N-methyl/N-ethyl adjacent to an activating group) is 1. The van der Waals surface area contributed by atoms with E-state index in [1.54, 1.807) is 68.6 Å². The molecule has 1 atom stereocenters. The number of sulfonamides is 1. The van der Waals surface area contributed by atoms with Gasteiger partial charge in [-0.1, -0.05) is 55.5 Å². The molecule has 0 radical (unpaired) electrons. The quantitative estimate of drug-likeness (QED) is 0.197. The van der Waals surface area contributed by atoms with Crippen molar-refractivity contribution in [3.05, 3.63) is 115 Å². The van der Waals surface area contributed by atoms with Crippen molar-refractivity contribution in [2.75, 3.05) is 24.5 Å². The second kappa shape index (κ2) is 15.1. The van der Waals surface area contributed by atoms with E-state index in [4.69, 9.17) is 9.47 Å². The molecule has 0 saturated carbocycles. The van der Waals surface area contributed by atoms with Crippen LogP contribution in [0.5, 0.6) is 17.2 Å². The highest BCUT2D eigenvalue weighted by molar-refractivity contribution is 7.92. The van der Waals surface area contributed by atoms with Gasteiger partial charge in [0.2, 0.25) is 11.8 Å². The maximum atomic E-state index is 14.1. The monoisotopic (exact) mass is 615 g/mol. The zero-order chi connectivity index (χ0) is 31.5. The minimum atomic E-state index is -4.17. The predicted molar refractivity (Wildman–Crippen MR) is 170 cm³/mol. The van der Waals surface area contributed by atoms with Crippen molar-refractivity contribution in [1.82, 2.24) is 10.2 Å². The first-order valence-corrected chi connectivity index (χ1v) is 15.8. The first kappa shape index (κ1) is 32.1. The highest BCUT2D eigenvalue weighted by Gasteiger charge is 2.33. The zero-order valence-electron chi connectivity index (χ0n) is 25.1. The lowest BCUT2D eigenvalue weighted by Gasteiger charge is -2.33. The van der Waals surface area contributed by atoms with Gasteiger partial charge in [0.05, 0.1) is 17.7 Å². The van der Waals surface area contributed by atoms with E-state index in [0.717, 1.165) is 9.87 Å². The zero-order valence-corrected chi connectivity index (χ0v) is 25.9. The maximum absolute atomic E-state index is 14.1. The molecule has 0 aromatic heterocycles. The Morgan fingerprint density at radius 2 is 1.34 bits per heavy atom. The summed E-state index contributed by atoms with van der Waals surface area (Å²) in [4.78, 5) is 28.7. The molecule has 0 aliphatic heterocycles. The molecule has 10 heteroatoms. The van der Waals surface area contributed by atoms with E-state index >= 15 is 0 Å². The summed E-state index contributed by atoms with van der Waals surface area (Å²) in [7, 11) is -2.61. The van der Waals surface area contributed by atoms with Crippen LogP contribution in [0.25, 0.3) is 0 Å². The van der Waals surface area contributed by atoms with Crippen LogP contribution in [0.4, 0.5) is 5.69 Å². The summed E-state index contributed by atoms with van der Waals surface area (Å²) in [6.45, 7) is 3.59. The Balaban J connectivity index is 1.70. The van der Waals surface area contributed by atoms with Gasteiger partial charge in [-0.3, -0.25) is 13.9 Å². The lowest BCUT2D eigenvalue weighted by molar-refractivity contribution is -0.140. The molecule has 1 unspecified atom stereocenters. The topological polar surface area (TPSA) is 105 Å². The number of hydrogen-bond acceptors (Lipinski definition) is 6. The van der Waals surface area contributed by atoms with E-state index in [-0.39, 0.29) is 23.0 Å². The van der Waals surface area contributed by atoms with Gasteiger partial charge in [-0.15, -0.1) is 0 Å². The van der Waals surface area contributed by atoms with Crippen LogP contribution in [0.1, 0.15) is 25.8 Å². The summed E-state index contributed by atoms with van der Waals surface area (Å²) in [5.41, 5.74) is 1.04. The van der Waals surface area contributed by atoms with E-state index < -0.39 is 28.5 Å². The smallest absolute Gasteiger partial charge is 0.264 e. The van der Waals surface area contributed by atoms with E-state index in [1.165, 1.54) is 17.0 Å². The molecule has 2 amide bonds. The van der Waals surface area contributed by atoms with Gasteiger partial charge in [-0.2, -0.15) is 0 Å². The summed E-state index contributed by atoms with van der Waals surface area (Å²) < 4.78 is 40.2.